The zero-order valence-electron chi connectivity index (χ0n) is 13.2. The van der Waals surface area contributed by atoms with E-state index in [0.29, 0.717) is 23.5 Å². The molecule has 0 fully saturated rings. The number of amides is 1. The van der Waals surface area contributed by atoms with Crippen LogP contribution in [-0.2, 0) is 4.79 Å². The summed E-state index contributed by atoms with van der Waals surface area (Å²) in [7, 11) is 0. The van der Waals surface area contributed by atoms with Gasteiger partial charge < -0.3 is 5.32 Å². The third-order valence-electron chi connectivity index (χ3n) is 3.65. The number of rotatable bonds is 5. The minimum atomic E-state index is -0.0560. The molecule has 0 bridgehead atoms. The number of aryl methyl sites for hydroxylation is 1. The van der Waals surface area contributed by atoms with Gasteiger partial charge in [0, 0.05) is 6.54 Å². The van der Waals surface area contributed by atoms with Crippen molar-refractivity contribution in [2.75, 3.05) is 12.3 Å². The molecule has 24 heavy (non-hydrogen) atoms. The molecular weight excluding hydrogens is 320 g/mol. The highest BCUT2D eigenvalue weighted by Gasteiger charge is 2.15. The molecule has 0 saturated carbocycles. The van der Waals surface area contributed by atoms with Crippen LogP contribution < -0.4 is 5.32 Å². The Balaban J connectivity index is 2.09. The van der Waals surface area contributed by atoms with E-state index in [1.54, 1.807) is 6.08 Å². The number of hydrogen-bond donors (Lipinski definition) is 1. The molecule has 0 aliphatic carbocycles. The normalized spacial score (nSPS) is 10.7. The lowest BCUT2D eigenvalue weighted by molar-refractivity contribution is -0.118. The Morgan fingerprint density at radius 2 is 2.29 bits per heavy atom. The quantitative estimate of drug-likeness (QED) is 0.574. The first-order valence-electron chi connectivity index (χ1n) is 7.47. The summed E-state index contributed by atoms with van der Waals surface area (Å²) in [5, 5.41) is 13.1. The van der Waals surface area contributed by atoms with Crippen molar-refractivity contribution in [1.82, 2.24) is 14.7 Å². The lowest BCUT2D eigenvalue weighted by Crippen LogP contribution is -2.25. The molecule has 1 N–H and O–H groups in total. The number of carbonyl (C=O) groups is 1. The van der Waals surface area contributed by atoms with E-state index in [2.05, 4.69) is 22.9 Å². The van der Waals surface area contributed by atoms with Crippen molar-refractivity contribution in [3.63, 3.8) is 0 Å². The molecule has 3 aromatic rings. The summed E-state index contributed by atoms with van der Waals surface area (Å²) in [6.07, 6.45) is 1.65. The Bertz CT molecular complexity index is 984. The summed E-state index contributed by atoms with van der Waals surface area (Å²) < 4.78 is 1.95. The molecule has 0 atom stereocenters. The van der Waals surface area contributed by atoms with Gasteiger partial charge in [-0.25, -0.2) is 4.98 Å². The van der Waals surface area contributed by atoms with Gasteiger partial charge in [-0.3, -0.25) is 9.20 Å². The van der Waals surface area contributed by atoms with E-state index >= 15 is 0 Å². The van der Waals surface area contributed by atoms with Crippen molar-refractivity contribution in [3.05, 3.63) is 54.1 Å². The Morgan fingerprint density at radius 3 is 3.04 bits per heavy atom. The van der Waals surface area contributed by atoms with E-state index in [4.69, 9.17) is 0 Å². The second kappa shape index (κ2) is 6.77. The molecule has 6 heteroatoms. The van der Waals surface area contributed by atoms with Crippen LogP contribution in [0.3, 0.4) is 0 Å². The third-order valence-corrected chi connectivity index (χ3v) is 4.65. The fourth-order valence-corrected chi connectivity index (χ4v) is 3.49. The number of thioether (sulfide) groups is 1. The monoisotopic (exact) mass is 336 g/mol. The SMILES string of the molecule is C=CCNC(=O)CSc1cc(C)c(C#N)c2nc3ccccc3n12. The number of imidazole rings is 1. The molecule has 1 amide bonds. The minimum absolute atomic E-state index is 0.0560. The molecule has 0 unspecified atom stereocenters. The summed E-state index contributed by atoms with van der Waals surface area (Å²) in [6.45, 7) is 5.93. The molecule has 2 heterocycles. The van der Waals surface area contributed by atoms with E-state index in [1.165, 1.54) is 11.8 Å². The summed E-state index contributed by atoms with van der Waals surface area (Å²) >= 11 is 1.43. The lowest BCUT2D eigenvalue weighted by Gasteiger charge is -2.09. The van der Waals surface area contributed by atoms with Crippen molar-refractivity contribution in [1.29, 1.82) is 5.26 Å². The van der Waals surface area contributed by atoms with E-state index < -0.39 is 0 Å². The Hall–Kier alpha value is -2.78. The molecule has 3 rings (SSSR count). The number of para-hydroxylation sites is 2. The third kappa shape index (κ3) is 2.86. The second-order valence-corrected chi connectivity index (χ2v) is 6.29. The highest BCUT2D eigenvalue weighted by atomic mass is 32.2. The van der Waals surface area contributed by atoms with E-state index in [0.717, 1.165) is 21.6 Å². The van der Waals surface area contributed by atoms with Gasteiger partial charge in [-0.15, -0.1) is 6.58 Å². The van der Waals surface area contributed by atoms with Gasteiger partial charge in [0.05, 0.1) is 27.4 Å². The fourth-order valence-electron chi connectivity index (χ4n) is 2.54. The number of pyridine rings is 1. The number of benzene rings is 1. The maximum atomic E-state index is 11.9. The predicted octanol–water partition coefficient (Wildman–Crippen LogP) is 3.06. The second-order valence-electron chi connectivity index (χ2n) is 5.29. The van der Waals surface area contributed by atoms with Gasteiger partial charge in [0.25, 0.3) is 0 Å². The number of fused-ring (bicyclic) bond motifs is 3. The van der Waals surface area contributed by atoms with Crippen molar-refractivity contribution in [2.24, 2.45) is 0 Å². The number of hydrogen-bond acceptors (Lipinski definition) is 4. The van der Waals surface area contributed by atoms with Crippen molar-refractivity contribution in [2.45, 2.75) is 11.9 Å². The average Bonchev–Trinajstić information content (AvgIpc) is 2.97. The van der Waals surface area contributed by atoms with Crippen molar-refractivity contribution < 1.29 is 4.79 Å². The zero-order chi connectivity index (χ0) is 17.1. The topological polar surface area (TPSA) is 70.2 Å². The van der Waals surface area contributed by atoms with Gasteiger partial charge >= 0.3 is 0 Å². The van der Waals surface area contributed by atoms with Gasteiger partial charge in [0.1, 0.15) is 6.07 Å². The van der Waals surface area contributed by atoms with Crippen LogP contribution in [0.25, 0.3) is 16.7 Å². The first-order valence-corrected chi connectivity index (χ1v) is 8.45. The number of carbonyl (C=O) groups excluding carboxylic acids is 1. The van der Waals surface area contributed by atoms with Crippen LogP contribution >= 0.6 is 11.8 Å². The number of nitrogens with zero attached hydrogens (tertiary/aromatic N) is 3. The van der Waals surface area contributed by atoms with Crippen LogP contribution in [-0.4, -0.2) is 27.6 Å². The van der Waals surface area contributed by atoms with E-state index in [-0.39, 0.29) is 5.91 Å². The van der Waals surface area contributed by atoms with Crippen molar-refractivity contribution in [3.8, 4) is 6.07 Å². The van der Waals surface area contributed by atoms with Gasteiger partial charge in [-0.2, -0.15) is 5.26 Å². The molecular formula is C18H16N4OS. The fraction of sp³-hybridized carbons (Fsp3) is 0.167. The maximum Gasteiger partial charge on any atom is 0.230 e. The molecule has 2 aromatic heterocycles. The van der Waals surface area contributed by atoms with Crippen LogP contribution in [0.15, 0.2) is 48.0 Å². The smallest absolute Gasteiger partial charge is 0.230 e. The molecule has 0 aliphatic rings. The summed E-state index contributed by atoms with van der Waals surface area (Å²) in [4.78, 5) is 16.5. The van der Waals surface area contributed by atoms with Gasteiger partial charge in [-0.1, -0.05) is 30.0 Å². The van der Waals surface area contributed by atoms with Gasteiger partial charge in [0.2, 0.25) is 5.91 Å². The molecule has 0 spiro atoms. The predicted molar refractivity (Wildman–Crippen MR) is 96.1 cm³/mol. The zero-order valence-corrected chi connectivity index (χ0v) is 14.1. The molecule has 5 nitrogen and oxygen atoms in total. The molecule has 1 aromatic carbocycles. The molecule has 0 saturated heterocycles. The lowest BCUT2D eigenvalue weighted by atomic mass is 10.2. The van der Waals surface area contributed by atoms with Crippen LogP contribution in [0.5, 0.6) is 0 Å². The van der Waals surface area contributed by atoms with Crippen molar-refractivity contribution >= 4 is 34.3 Å². The maximum absolute atomic E-state index is 11.9. The molecule has 120 valence electrons. The number of aromatic nitrogens is 2. The van der Waals surface area contributed by atoms with Crippen LogP contribution in [0.2, 0.25) is 0 Å². The minimum Gasteiger partial charge on any atom is -0.352 e. The van der Waals surface area contributed by atoms with Crippen LogP contribution in [0.1, 0.15) is 11.1 Å². The standard InChI is InChI=1S/C18H16N4OS/c1-3-8-20-16(23)11-24-17-9-12(2)13(10-19)18-21-14-6-4-5-7-15(14)22(17)18/h3-7,9H,1,8,11H2,2H3,(H,20,23). The number of nitriles is 1. The van der Waals surface area contributed by atoms with Gasteiger partial charge in [-0.05, 0) is 30.7 Å². The largest absolute Gasteiger partial charge is 0.352 e. The van der Waals surface area contributed by atoms with Gasteiger partial charge in [0.15, 0.2) is 5.65 Å². The highest BCUT2D eigenvalue weighted by Crippen LogP contribution is 2.29. The van der Waals surface area contributed by atoms with Crippen LogP contribution in [0.4, 0.5) is 0 Å². The Kier molecular flexibility index (Phi) is 4.54. The molecule has 0 radical (unpaired) electrons. The van der Waals surface area contributed by atoms with E-state index in [9.17, 15) is 10.1 Å². The number of nitrogens with one attached hydrogen (secondary N) is 1. The summed E-state index contributed by atoms with van der Waals surface area (Å²) in [5.41, 5.74) is 3.81. The summed E-state index contributed by atoms with van der Waals surface area (Å²) in [6, 6.07) is 11.9. The van der Waals surface area contributed by atoms with E-state index in [1.807, 2.05) is 41.7 Å². The Labute approximate surface area is 144 Å². The first kappa shape index (κ1) is 16.1. The summed E-state index contributed by atoms with van der Waals surface area (Å²) in [5.74, 6) is 0.236. The Morgan fingerprint density at radius 1 is 1.50 bits per heavy atom. The van der Waals surface area contributed by atoms with Crippen LogP contribution in [0, 0.1) is 18.3 Å². The highest BCUT2D eigenvalue weighted by molar-refractivity contribution is 7.99. The molecule has 0 aliphatic heterocycles. The average molecular weight is 336 g/mol. The first-order chi connectivity index (χ1) is 11.7.